The van der Waals surface area contributed by atoms with Crippen LogP contribution in [0.15, 0.2) is 0 Å². The Bertz CT molecular complexity index is 407. The van der Waals surface area contributed by atoms with Crippen LogP contribution in [0.3, 0.4) is 0 Å². The number of nitrogens with one attached hydrogen (secondary N) is 1. The Labute approximate surface area is 76.9 Å². The molecule has 0 saturated carbocycles. The number of aromatic amines is 1. The maximum Gasteiger partial charge on any atom is 0.273 e. The third-order valence-corrected chi connectivity index (χ3v) is 2.99. The highest BCUT2D eigenvalue weighted by Gasteiger charge is 2.23. The van der Waals surface area contributed by atoms with Crippen molar-refractivity contribution in [2.75, 3.05) is 0 Å². The Balaban J connectivity index is 3.16. The summed E-state index contributed by atoms with van der Waals surface area (Å²) in [6.07, 6.45) is 0. The lowest BCUT2D eigenvalue weighted by Crippen LogP contribution is -2.09. The van der Waals surface area contributed by atoms with E-state index in [0.717, 1.165) is 0 Å². The first kappa shape index (κ1) is 10.2. The summed E-state index contributed by atoms with van der Waals surface area (Å²) in [5.74, 6) is 0.642. The minimum absolute atomic E-state index is 0.375. The topological polar surface area (TPSA) is 83.1 Å². The van der Waals surface area contributed by atoms with Gasteiger partial charge in [0.15, 0.2) is 0 Å². The number of hydrogen-bond acceptors (Lipinski definition) is 3. The van der Waals surface area contributed by atoms with Crippen LogP contribution in [0.2, 0.25) is 0 Å². The molecule has 0 saturated heterocycles. The molecule has 1 aromatic heterocycles. The van der Waals surface area contributed by atoms with E-state index in [1.54, 1.807) is 13.8 Å². The quantitative estimate of drug-likeness (QED) is 0.703. The second-order valence-electron chi connectivity index (χ2n) is 2.99. The molecular weight excluding hydrogens is 192 g/mol. The molecule has 5 nitrogen and oxygen atoms in total. The lowest BCUT2D eigenvalue weighted by Gasteiger charge is -2.04. The minimum Gasteiger partial charge on any atom is -0.346 e. The average molecular weight is 204 g/mol. The van der Waals surface area contributed by atoms with Gasteiger partial charge >= 0.3 is 0 Å². The summed E-state index contributed by atoms with van der Waals surface area (Å²) >= 11 is 0. The van der Waals surface area contributed by atoms with Crippen LogP contribution in [-0.2, 0) is 10.1 Å². The smallest absolute Gasteiger partial charge is 0.273 e. The summed E-state index contributed by atoms with van der Waals surface area (Å²) in [5, 5.41) is -0.975. The molecule has 0 aliphatic heterocycles. The van der Waals surface area contributed by atoms with Crippen molar-refractivity contribution in [1.82, 2.24) is 9.97 Å². The van der Waals surface area contributed by atoms with Crippen molar-refractivity contribution in [3.8, 4) is 0 Å². The SMILES string of the molecule is Cc1nc(C(C)S(=O)(=O)O)c(C)[nH]1. The van der Waals surface area contributed by atoms with Crippen molar-refractivity contribution in [2.45, 2.75) is 26.0 Å². The second kappa shape index (κ2) is 3.12. The van der Waals surface area contributed by atoms with Crippen molar-refractivity contribution in [3.63, 3.8) is 0 Å². The fourth-order valence-electron chi connectivity index (χ4n) is 1.16. The minimum atomic E-state index is -4.05. The van der Waals surface area contributed by atoms with Gasteiger partial charge < -0.3 is 4.98 Å². The molecular formula is C7H12N2O3S. The Morgan fingerprint density at radius 2 is 2.00 bits per heavy atom. The fourth-order valence-corrected chi connectivity index (χ4v) is 1.68. The van der Waals surface area contributed by atoms with Crippen LogP contribution in [0.25, 0.3) is 0 Å². The van der Waals surface area contributed by atoms with Gasteiger partial charge in [-0.05, 0) is 20.8 Å². The Morgan fingerprint density at radius 3 is 2.31 bits per heavy atom. The van der Waals surface area contributed by atoms with Gasteiger partial charge in [-0.1, -0.05) is 0 Å². The van der Waals surface area contributed by atoms with Crippen LogP contribution < -0.4 is 0 Å². The molecule has 0 bridgehead atoms. The maximum atomic E-state index is 10.8. The van der Waals surface area contributed by atoms with Crippen LogP contribution in [0.5, 0.6) is 0 Å². The molecule has 1 heterocycles. The lowest BCUT2D eigenvalue weighted by molar-refractivity contribution is 0.471. The van der Waals surface area contributed by atoms with Crippen LogP contribution in [0.4, 0.5) is 0 Å². The normalized spacial score (nSPS) is 14.5. The second-order valence-corrected chi connectivity index (χ2v) is 4.73. The first-order valence-corrected chi connectivity index (χ1v) is 5.32. The Hall–Kier alpha value is -0.880. The van der Waals surface area contributed by atoms with Crippen LogP contribution >= 0.6 is 0 Å². The molecule has 1 rings (SSSR count). The number of aromatic nitrogens is 2. The monoisotopic (exact) mass is 204 g/mol. The fraction of sp³-hybridized carbons (Fsp3) is 0.571. The van der Waals surface area contributed by atoms with E-state index in [4.69, 9.17) is 4.55 Å². The van der Waals surface area contributed by atoms with Gasteiger partial charge in [-0.15, -0.1) is 0 Å². The Morgan fingerprint density at radius 1 is 1.46 bits per heavy atom. The van der Waals surface area contributed by atoms with Crippen molar-refractivity contribution < 1.29 is 13.0 Å². The third-order valence-electron chi connectivity index (χ3n) is 1.87. The van der Waals surface area contributed by atoms with E-state index in [2.05, 4.69) is 9.97 Å². The van der Waals surface area contributed by atoms with E-state index in [0.29, 0.717) is 17.2 Å². The molecule has 0 fully saturated rings. The average Bonchev–Trinajstić information content (AvgIpc) is 2.26. The molecule has 1 atom stereocenters. The maximum absolute atomic E-state index is 10.8. The van der Waals surface area contributed by atoms with Gasteiger partial charge in [0, 0.05) is 5.69 Å². The number of nitrogens with zero attached hydrogens (tertiary/aromatic N) is 1. The first-order valence-electron chi connectivity index (χ1n) is 3.81. The van der Waals surface area contributed by atoms with Gasteiger partial charge in [0.05, 0.1) is 5.69 Å². The number of hydrogen-bond donors (Lipinski definition) is 2. The van der Waals surface area contributed by atoms with Gasteiger partial charge in [-0.3, -0.25) is 4.55 Å². The summed E-state index contributed by atoms with van der Waals surface area (Å²) in [6.45, 7) is 4.85. The predicted octanol–water partition coefficient (Wildman–Crippen LogP) is 0.975. The molecule has 13 heavy (non-hydrogen) atoms. The van der Waals surface area contributed by atoms with E-state index in [1.807, 2.05) is 0 Å². The summed E-state index contributed by atoms with van der Waals surface area (Å²) < 4.78 is 30.4. The van der Waals surface area contributed by atoms with Gasteiger partial charge in [0.2, 0.25) is 0 Å². The molecule has 1 aromatic rings. The largest absolute Gasteiger partial charge is 0.346 e. The molecule has 1 unspecified atom stereocenters. The number of imidazole rings is 1. The summed E-state index contributed by atoms with van der Waals surface area (Å²) in [5.41, 5.74) is 1.04. The van der Waals surface area contributed by atoms with E-state index in [-0.39, 0.29) is 0 Å². The van der Waals surface area contributed by atoms with Gasteiger partial charge in [0.1, 0.15) is 11.1 Å². The molecule has 0 spiro atoms. The van der Waals surface area contributed by atoms with Crippen molar-refractivity contribution >= 4 is 10.1 Å². The van der Waals surface area contributed by atoms with Crippen molar-refractivity contribution in [3.05, 3.63) is 17.2 Å². The number of H-pyrrole nitrogens is 1. The van der Waals surface area contributed by atoms with Gasteiger partial charge in [-0.2, -0.15) is 8.42 Å². The first-order chi connectivity index (χ1) is 5.82. The molecule has 0 aliphatic carbocycles. The molecule has 6 heteroatoms. The highest BCUT2D eigenvalue weighted by atomic mass is 32.2. The van der Waals surface area contributed by atoms with Gasteiger partial charge in [-0.25, -0.2) is 4.98 Å². The summed E-state index contributed by atoms with van der Waals surface area (Å²) in [7, 11) is -4.05. The highest BCUT2D eigenvalue weighted by Crippen LogP contribution is 2.21. The van der Waals surface area contributed by atoms with E-state index < -0.39 is 15.4 Å². The van der Waals surface area contributed by atoms with Crippen LogP contribution in [0, 0.1) is 13.8 Å². The standard InChI is InChI=1S/C7H12N2O3S/c1-4-7(9-6(3)8-4)5(2)13(10,11)12/h5H,1-3H3,(H,8,9)(H,10,11,12). The predicted molar refractivity (Wildman–Crippen MR) is 48.0 cm³/mol. The molecule has 0 radical (unpaired) electrons. The van der Waals surface area contributed by atoms with Gasteiger partial charge in [0.25, 0.3) is 10.1 Å². The van der Waals surface area contributed by atoms with E-state index >= 15 is 0 Å². The Kier molecular flexibility index (Phi) is 2.44. The lowest BCUT2D eigenvalue weighted by atomic mass is 10.3. The zero-order valence-electron chi connectivity index (χ0n) is 7.70. The summed E-state index contributed by atoms with van der Waals surface area (Å²) in [4.78, 5) is 6.86. The van der Waals surface area contributed by atoms with Crippen LogP contribution in [0.1, 0.15) is 29.4 Å². The molecule has 0 amide bonds. The zero-order chi connectivity index (χ0) is 10.2. The van der Waals surface area contributed by atoms with Crippen molar-refractivity contribution in [2.24, 2.45) is 0 Å². The third kappa shape index (κ3) is 2.07. The molecule has 0 aliphatic rings. The van der Waals surface area contributed by atoms with E-state index in [9.17, 15) is 8.42 Å². The zero-order valence-corrected chi connectivity index (χ0v) is 8.51. The van der Waals surface area contributed by atoms with E-state index in [1.165, 1.54) is 6.92 Å². The number of aryl methyl sites for hydroxylation is 2. The molecule has 0 aromatic carbocycles. The van der Waals surface area contributed by atoms with Crippen molar-refractivity contribution in [1.29, 1.82) is 0 Å². The number of rotatable bonds is 2. The summed E-state index contributed by atoms with van der Waals surface area (Å²) in [6, 6.07) is 0. The molecule has 2 N–H and O–H groups in total. The molecule has 74 valence electrons. The highest BCUT2D eigenvalue weighted by molar-refractivity contribution is 7.86. The van der Waals surface area contributed by atoms with Crippen LogP contribution in [-0.4, -0.2) is 22.9 Å².